The maximum absolute atomic E-state index is 12.7. The zero-order valence-corrected chi connectivity index (χ0v) is 15.9. The third-order valence-electron chi connectivity index (χ3n) is 4.11. The van der Waals surface area contributed by atoms with Crippen LogP contribution in [0.5, 0.6) is 11.8 Å². The van der Waals surface area contributed by atoms with E-state index in [2.05, 4.69) is 10.2 Å². The number of methoxy groups -OCH3 is 1. The lowest BCUT2D eigenvalue weighted by molar-refractivity contribution is 0.123. The number of benzene rings is 1. The second kappa shape index (κ2) is 8.20. The SMILES string of the molecule is COc1ccc(OC2CCCN(S(=O)(=O)Cc3ccc(Cl)cc3)C2)nn1. The first-order valence-corrected chi connectivity index (χ1v) is 10.2. The van der Waals surface area contributed by atoms with Crippen molar-refractivity contribution in [3.63, 3.8) is 0 Å². The molecule has 9 heteroatoms. The molecule has 0 bridgehead atoms. The molecule has 7 nitrogen and oxygen atoms in total. The van der Waals surface area contributed by atoms with E-state index in [0.29, 0.717) is 35.4 Å². The van der Waals surface area contributed by atoms with Gasteiger partial charge in [0.15, 0.2) is 0 Å². The molecule has 0 saturated carbocycles. The van der Waals surface area contributed by atoms with Gasteiger partial charge in [0.05, 0.1) is 19.4 Å². The predicted molar refractivity (Wildman–Crippen MR) is 97.9 cm³/mol. The van der Waals surface area contributed by atoms with Crippen molar-refractivity contribution in [2.45, 2.75) is 24.7 Å². The molecule has 1 aromatic carbocycles. The van der Waals surface area contributed by atoms with Gasteiger partial charge in [-0.15, -0.1) is 10.2 Å². The monoisotopic (exact) mass is 397 g/mol. The Kier molecular flexibility index (Phi) is 5.95. The number of hydrogen-bond donors (Lipinski definition) is 0. The minimum atomic E-state index is -3.43. The zero-order valence-electron chi connectivity index (χ0n) is 14.3. The fourth-order valence-corrected chi connectivity index (χ4v) is 4.51. The van der Waals surface area contributed by atoms with E-state index in [1.165, 1.54) is 11.4 Å². The summed E-state index contributed by atoms with van der Waals surface area (Å²) in [4.78, 5) is 0. The van der Waals surface area contributed by atoms with Crippen LogP contribution in [0.3, 0.4) is 0 Å². The lowest BCUT2D eigenvalue weighted by Gasteiger charge is -2.31. The van der Waals surface area contributed by atoms with Crippen LogP contribution in [0, 0.1) is 0 Å². The summed E-state index contributed by atoms with van der Waals surface area (Å²) in [5, 5.41) is 8.36. The molecule has 0 amide bonds. The highest BCUT2D eigenvalue weighted by molar-refractivity contribution is 7.88. The molecule has 1 atom stereocenters. The van der Waals surface area contributed by atoms with Crippen LogP contribution in [0.1, 0.15) is 18.4 Å². The Bertz CT molecular complexity index is 828. The lowest BCUT2D eigenvalue weighted by Crippen LogP contribution is -2.44. The summed E-state index contributed by atoms with van der Waals surface area (Å²) in [6.45, 7) is 0.785. The number of aromatic nitrogens is 2. The Hall–Kier alpha value is -1.90. The van der Waals surface area contributed by atoms with Gasteiger partial charge in [-0.05, 0) is 30.5 Å². The number of sulfonamides is 1. The summed E-state index contributed by atoms with van der Waals surface area (Å²) in [5.41, 5.74) is 0.707. The van der Waals surface area contributed by atoms with E-state index in [1.54, 1.807) is 36.4 Å². The Morgan fingerprint density at radius 2 is 1.85 bits per heavy atom. The van der Waals surface area contributed by atoms with Gasteiger partial charge in [0.25, 0.3) is 0 Å². The quantitative estimate of drug-likeness (QED) is 0.744. The molecule has 1 fully saturated rings. The molecule has 26 heavy (non-hydrogen) atoms. The van der Waals surface area contributed by atoms with Crippen LogP contribution in [0.15, 0.2) is 36.4 Å². The Morgan fingerprint density at radius 3 is 2.50 bits per heavy atom. The molecule has 3 rings (SSSR count). The molecular formula is C17H20ClN3O4S. The van der Waals surface area contributed by atoms with Gasteiger partial charge in [-0.3, -0.25) is 0 Å². The number of nitrogens with zero attached hydrogens (tertiary/aromatic N) is 3. The van der Waals surface area contributed by atoms with Crippen molar-refractivity contribution >= 4 is 21.6 Å². The average Bonchev–Trinajstić information content (AvgIpc) is 2.64. The van der Waals surface area contributed by atoms with Gasteiger partial charge in [-0.2, -0.15) is 4.31 Å². The zero-order chi connectivity index (χ0) is 18.6. The van der Waals surface area contributed by atoms with E-state index in [4.69, 9.17) is 21.1 Å². The van der Waals surface area contributed by atoms with Crippen LogP contribution >= 0.6 is 11.6 Å². The largest absolute Gasteiger partial charge is 0.480 e. The van der Waals surface area contributed by atoms with Crippen LogP contribution in [-0.2, 0) is 15.8 Å². The van der Waals surface area contributed by atoms with Crippen molar-refractivity contribution in [2.24, 2.45) is 0 Å². The minimum Gasteiger partial charge on any atom is -0.480 e. The molecule has 0 aliphatic carbocycles. The smallest absolute Gasteiger partial charge is 0.233 e. The molecule has 1 aliphatic heterocycles. The molecule has 2 aromatic rings. The van der Waals surface area contributed by atoms with Crippen molar-refractivity contribution in [3.8, 4) is 11.8 Å². The number of ether oxygens (including phenoxy) is 2. The van der Waals surface area contributed by atoms with E-state index in [-0.39, 0.29) is 11.9 Å². The molecular weight excluding hydrogens is 378 g/mol. The topological polar surface area (TPSA) is 81.6 Å². The van der Waals surface area contributed by atoms with Crippen LogP contribution in [0.2, 0.25) is 5.02 Å². The molecule has 0 N–H and O–H groups in total. The number of halogens is 1. The Morgan fingerprint density at radius 1 is 1.15 bits per heavy atom. The fraction of sp³-hybridized carbons (Fsp3) is 0.412. The van der Waals surface area contributed by atoms with Crippen LogP contribution in [-0.4, -0.2) is 49.2 Å². The summed E-state index contributed by atoms with van der Waals surface area (Å²) < 4.78 is 37.7. The summed E-state index contributed by atoms with van der Waals surface area (Å²) in [7, 11) is -1.92. The average molecular weight is 398 g/mol. The first-order valence-electron chi connectivity index (χ1n) is 8.23. The lowest BCUT2D eigenvalue weighted by atomic mass is 10.1. The predicted octanol–water partition coefficient (Wildman–Crippen LogP) is 2.51. The number of piperidine rings is 1. The summed E-state index contributed by atoms with van der Waals surface area (Å²) in [6, 6.07) is 10.1. The van der Waals surface area contributed by atoms with Crippen molar-refractivity contribution < 1.29 is 17.9 Å². The molecule has 0 radical (unpaired) electrons. The molecule has 2 heterocycles. The van der Waals surface area contributed by atoms with Crippen molar-refractivity contribution in [1.29, 1.82) is 0 Å². The summed E-state index contributed by atoms with van der Waals surface area (Å²) in [5.74, 6) is 0.695. The van der Waals surface area contributed by atoms with Gasteiger partial charge < -0.3 is 9.47 Å². The highest BCUT2D eigenvalue weighted by Crippen LogP contribution is 2.22. The van der Waals surface area contributed by atoms with Gasteiger partial charge in [0.1, 0.15) is 6.10 Å². The Labute approximate surface area is 157 Å². The molecule has 1 aliphatic rings. The van der Waals surface area contributed by atoms with E-state index in [9.17, 15) is 8.42 Å². The molecule has 1 unspecified atom stereocenters. The van der Waals surface area contributed by atoms with Crippen molar-refractivity contribution in [2.75, 3.05) is 20.2 Å². The number of rotatable bonds is 6. The standard InChI is InChI=1S/C17H20ClN3O4S/c1-24-16-8-9-17(20-19-16)25-15-3-2-10-21(11-15)26(22,23)12-13-4-6-14(18)7-5-13/h4-9,15H,2-3,10-12H2,1H3. The Balaban J connectivity index is 1.63. The maximum Gasteiger partial charge on any atom is 0.233 e. The van der Waals surface area contributed by atoms with E-state index in [1.807, 2.05) is 0 Å². The normalized spacial score (nSPS) is 18.5. The van der Waals surface area contributed by atoms with Gasteiger partial charge in [-0.1, -0.05) is 23.7 Å². The van der Waals surface area contributed by atoms with E-state index in [0.717, 1.165) is 12.8 Å². The van der Waals surface area contributed by atoms with Gasteiger partial charge in [0.2, 0.25) is 21.8 Å². The molecule has 140 valence electrons. The third-order valence-corrected chi connectivity index (χ3v) is 6.18. The van der Waals surface area contributed by atoms with E-state index >= 15 is 0 Å². The first kappa shape index (κ1) is 18.9. The number of hydrogen-bond acceptors (Lipinski definition) is 6. The summed E-state index contributed by atoms with van der Waals surface area (Å²) in [6.07, 6.45) is 1.24. The highest BCUT2D eigenvalue weighted by Gasteiger charge is 2.30. The van der Waals surface area contributed by atoms with E-state index < -0.39 is 10.0 Å². The molecule has 1 aromatic heterocycles. The molecule has 0 spiro atoms. The van der Waals surface area contributed by atoms with Gasteiger partial charge in [0, 0.05) is 23.7 Å². The van der Waals surface area contributed by atoms with Crippen molar-refractivity contribution in [1.82, 2.24) is 14.5 Å². The second-order valence-electron chi connectivity index (χ2n) is 6.04. The first-order chi connectivity index (χ1) is 12.5. The van der Waals surface area contributed by atoms with Crippen molar-refractivity contribution in [3.05, 3.63) is 47.0 Å². The molecule has 1 saturated heterocycles. The van der Waals surface area contributed by atoms with Crippen LogP contribution in [0.25, 0.3) is 0 Å². The third kappa shape index (κ3) is 4.84. The maximum atomic E-state index is 12.7. The van der Waals surface area contributed by atoms with Gasteiger partial charge >= 0.3 is 0 Å². The second-order valence-corrected chi connectivity index (χ2v) is 8.44. The van der Waals surface area contributed by atoms with Crippen LogP contribution < -0.4 is 9.47 Å². The van der Waals surface area contributed by atoms with Gasteiger partial charge in [-0.25, -0.2) is 8.42 Å². The van der Waals surface area contributed by atoms with Crippen LogP contribution in [0.4, 0.5) is 0 Å². The fourth-order valence-electron chi connectivity index (χ4n) is 2.79. The minimum absolute atomic E-state index is 0.0563. The highest BCUT2D eigenvalue weighted by atomic mass is 35.5. The summed E-state index contributed by atoms with van der Waals surface area (Å²) >= 11 is 5.85.